The van der Waals surface area contributed by atoms with Crippen LogP contribution in [0.25, 0.3) is 11.1 Å². The zero-order chi connectivity index (χ0) is 43.4. The van der Waals surface area contributed by atoms with Crippen LogP contribution in [0.1, 0.15) is 76.3 Å². The van der Waals surface area contributed by atoms with Crippen molar-refractivity contribution in [1.82, 2.24) is 15.6 Å². The van der Waals surface area contributed by atoms with Gasteiger partial charge in [0.1, 0.15) is 35.6 Å². The molecular weight excluding hydrogens is 752 g/mol. The summed E-state index contributed by atoms with van der Waals surface area (Å²) in [6.07, 6.45) is -1.12. The molecule has 4 N–H and O–H groups in total. The zero-order valence-electron chi connectivity index (χ0n) is 34.9. The predicted octanol–water partition coefficient (Wildman–Crippen LogP) is 6.18. The lowest BCUT2D eigenvalue weighted by atomic mass is 10.0. The number of amides is 3. The van der Waals surface area contributed by atoms with E-state index < -0.39 is 53.2 Å². The van der Waals surface area contributed by atoms with Crippen LogP contribution in [0.15, 0.2) is 63.8 Å². The number of carbonyl (C=O) groups excluding carboxylic acids is 5. The van der Waals surface area contributed by atoms with E-state index in [1.807, 2.05) is 50.2 Å². The number of carbonyl (C=O) groups is 5. The third kappa shape index (κ3) is 15.0. The Labute approximate surface area is 337 Å². The van der Waals surface area contributed by atoms with E-state index in [-0.39, 0.29) is 18.7 Å². The SMILES string of the molecule is COC(=O)[C@@H](Cc1cc(C)c(NC(C)=O)c(OCc2ccccc2)c1)NC(=O)OC(C)(C)C.COC(=O)[C@@H](Cc1cc(C)c2[nH]c(=O)oc2c1)NC(=O)OC(C)(C)C. The lowest BCUT2D eigenvalue weighted by Gasteiger charge is -2.23. The third-order valence-electron chi connectivity index (χ3n) is 7.92. The second-order valence-corrected chi connectivity index (χ2v) is 15.4. The van der Waals surface area contributed by atoms with Crippen molar-refractivity contribution in [2.75, 3.05) is 19.5 Å². The molecule has 16 heteroatoms. The number of anilines is 1. The number of aryl methyl sites for hydroxylation is 2. The second kappa shape index (κ2) is 20.2. The number of methoxy groups -OCH3 is 2. The van der Waals surface area contributed by atoms with Gasteiger partial charge in [-0.25, -0.2) is 24.0 Å². The first-order valence-electron chi connectivity index (χ1n) is 18.4. The molecule has 4 rings (SSSR count). The average Bonchev–Trinajstić information content (AvgIpc) is 3.50. The highest BCUT2D eigenvalue weighted by atomic mass is 16.6. The van der Waals surface area contributed by atoms with E-state index in [1.165, 1.54) is 21.1 Å². The van der Waals surface area contributed by atoms with Crippen molar-refractivity contribution >= 4 is 46.8 Å². The number of oxazole rings is 1. The van der Waals surface area contributed by atoms with E-state index in [1.54, 1.807) is 59.7 Å². The highest BCUT2D eigenvalue weighted by Gasteiger charge is 2.27. The maximum absolute atomic E-state index is 12.3. The van der Waals surface area contributed by atoms with Gasteiger partial charge >= 0.3 is 29.9 Å². The normalized spacial score (nSPS) is 12.2. The number of aromatic nitrogens is 1. The molecule has 0 aliphatic carbocycles. The summed E-state index contributed by atoms with van der Waals surface area (Å²) in [5.41, 5.74) is 4.09. The Morgan fingerprint density at radius 1 is 0.724 bits per heavy atom. The topological polar surface area (TPSA) is 214 Å². The number of hydrogen-bond donors (Lipinski definition) is 4. The molecule has 3 amide bonds. The van der Waals surface area contributed by atoms with Gasteiger partial charge in [0, 0.05) is 19.8 Å². The lowest BCUT2D eigenvalue weighted by Crippen LogP contribution is -2.45. The molecule has 0 bridgehead atoms. The summed E-state index contributed by atoms with van der Waals surface area (Å²) >= 11 is 0. The molecule has 0 saturated carbocycles. The van der Waals surface area contributed by atoms with Gasteiger partial charge in [-0.05, 0) is 95.3 Å². The summed E-state index contributed by atoms with van der Waals surface area (Å²) in [5.74, 6) is -1.51. The van der Waals surface area contributed by atoms with Crippen LogP contribution >= 0.6 is 0 Å². The summed E-state index contributed by atoms with van der Waals surface area (Å²) in [6, 6.07) is 14.8. The first-order valence-corrected chi connectivity index (χ1v) is 18.4. The van der Waals surface area contributed by atoms with Crippen molar-refractivity contribution in [2.24, 2.45) is 0 Å². The monoisotopic (exact) mass is 806 g/mol. The summed E-state index contributed by atoms with van der Waals surface area (Å²) in [6.45, 7) is 15.8. The Hall–Kier alpha value is -6.32. The van der Waals surface area contributed by atoms with E-state index in [2.05, 4.69) is 20.9 Å². The number of fused-ring (bicyclic) bond motifs is 1. The number of rotatable bonds is 12. The molecule has 4 aromatic rings. The van der Waals surface area contributed by atoms with Crippen LogP contribution in [0, 0.1) is 13.8 Å². The molecule has 16 nitrogen and oxygen atoms in total. The molecule has 0 aliphatic rings. The first kappa shape index (κ1) is 46.1. The standard InChI is InChI=1S/C25H32N2O6.C17H22N2O6/c1-16-12-19(13-20(23(29)31-6)27-24(30)33-25(3,4)5)14-21(22(16)26-17(2)28)32-15-18-10-8-7-9-11-18;1-9-6-10(8-12-13(9)19-15(21)24-12)7-11(14(20)23-5)18-16(22)25-17(2,3)4/h7-12,14,20H,13,15H2,1-6H3,(H,26,28)(H,27,30);6,8,11H,7H2,1-5H3,(H,18,22)(H,19,21)/t20-;11-/m11/s1. The Bertz CT molecular complexity index is 2130. The predicted molar refractivity (Wildman–Crippen MR) is 216 cm³/mol. The van der Waals surface area contributed by atoms with Gasteiger partial charge in [-0.3, -0.25) is 9.78 Å². The Balaban J connectivity index is 0.000000322. The maximum Gasteiger partial charge on any atom is 0.417 e. The highest BCUT2D eigenvalue weighted by molar-refractivity contribution is 5.91. The van der Waals surface area contributed by atoms with Crippen LogP contribution in [0.3, 0.4) is 0 Å². The Morgan fingerprint density at radius 2 is 1.22 bits per heavy atom. The molecule has 0 aliphatic heterocycles. The van der Waals surface area contributed by atoms with Crippen molar-refractivity contribution in [3.8, 4) is 5.75 Å². The maximum atomic E-state index is 12.3. The minimum Gasteiger partial charge on any atom is -0.487 e. The number of esters is 2. The third-order valence-corrected chi connectivity index (χ3v) is 7.92. The molecular formula is C42H54N4O12. The average molecular weight is 807 g/mol. The van der Waals surface area contributed by atoms with Gasteiger partial charge in [0.15, 0.2) is 5.58 Å². The van der Waals surface area contributed by atoms with Gasteiger partial charge in [0.25, 0.3) is 0 Å². The molecule has 58 heavy (non-hydrogen) atoms. The Morgan fingerprint density at radius 3 is 1.71 bits per heavy atom. The highest BCUT2D eigenvalue weighted by Crippen LogP contribution is 2.32. The molecule has 1 aromatic heterocycles. The van der Waals surface area contributed by atoms with Gasteiger partial charge in [-0.1, -0.05) is 42.5 Å². The number of aromatic amines is 1. The fourth-order valence-corrected chi connectivity index (χ4v) is 5.58. The van der Waals surface area contributed by atoms with E-state index in [9.17, 15) is 28.8 Å². The number of hydrogen-bond acceptors (Lipinski definition) is 12. The van der Waals surface area contributed by atoms with Gasteiger partial charge in [-0.15, -0.1) is 0 Å². The van der Waals surface area contributed by atoms with Crippen molar-refractivity contribution in [1.29, 1.82) is 0 Å². The summed E-state index contributed by atoms with van der Waals surface area (Å²) in [5, 5.41) is 7.88. The van der Waals surface area contributed by atoms with Gasteiger partial charge in [0.2, 0.25) is 5.91 Å². The van der Waals surface area contributed by atoms with E-state index in [4.69, 9.17) is 28.1 Å². The zero-order valence-corrected chi connectivity index (χ0v) is 34.9. The van der Waals surface area contributed by atoms with E-state index in [0.717, 1.165) is 22.3 Å². The van der Waals surface area contributed by atoms with Crippen molar-refractivity contribution in [3.05, 3.63) is 93.0 Å². The van der Waals surface area contributed by atoms with Crippen LogP contribution < -0.4 is 26.4 Å². The van der Waals surface area contributed by atoms with E-state index >= 15 is 0 Å². The molecule has 0 spiro atoms. The number of benzene rings is 3. The quantitative estimate of drug-likeness (QED) is 0.0934. The minimum atomic E-state index is -0.960. The molecule has 0 radical (unpaired) electrons. The second-order valence-electron chi connectivity index (χ2n) is 15.4. The van der Waals surface area contributed by atoms with Crippen LogP contribution in [-0.2, 0) is 52.8 Å². The summed E-state index contributed by atoms with van der Waals surface area (Å²) in [7, 11) is 2.50. The van der Waals surface area contributed by atoms with Gasteiger partial charge < -0.3 is 44.1 Å². The number of H-pyrrole nitrogens is 1. The molecule has 0 saturated heterocycles. The Kier molecular flexibility index (Phi) is 16.0. The van der Waals surface area contributed by atoms with E-state index in [0.29, 0.717) is 34.7 Å². The fourth-order valence-electron chi connectivity index (χ4n) is 5.58. The van der Waals surface area contributed by atoms with Crippen molar-refractivity contribution in [2.45, 2.75) is 105 Å². The van der Waals surface area contributed by atoms with Crippen molar-refractivity contribution in [3.63, 3.8) is 0 Å². The minimum absolute atomic E-state index is 0.148. The molecule has 314 valence electrons. The fraction of sp³-hybridized carbons (Fsp3) is 0.429. The van der Waals surface area contributed by atoms with Gasteiger partial charge in [0.05, 0.1) is 25.4 Å². The first-order chi connectivity index (χ1) is 27.1. The van der Waals surface area contributed by atoms with Crippen molar-refractivity contribution < 1.29 is 52.1 Å². The van der Waals surface area contributed by atoms with Gasteiger partial charge in [-0.2, -0.15) is 0 Å². The number of alkyl carbamates (subject to hydrolysis) is 2. The molecule has 2 atom stereocenters. The molecule has 3 aromatic carbocycles. The summed E-state index contributed by atoms with van der Waals surface area (Å²) in [4.78, 5) is 74.2. The van der Waals surface area contributed by atoms with Crippen LogP contribution in [-0.4, -0.2) is 72.5 Å². The summed E-state index contributed by atoms with van der Waals surface area (Å²) < 4.78 is 31.1. The van der Waals surface area contributed by atoms with Crippen LogP contribution in [0.4, 0.5) is 15.3 Å². The largest absolute Gasteiger partial charge is 0.487 e. The molecule has 0 fully saturated rings. The molecule has 0 unspecified atom stereocenters. The van der Waals surface area contributed by atoms with Crippen LogP contribution in [0.2, 0.25) is 0 Å². The number of ether oxygens (including phenoxy) is 5. The van der Waals surface area contributed by atoms with Crippen LogP contribution in [0.5, 0.6) is 5.75 Å². The molecule has 1 heterocycles. The lowest BCUT2D eigenvalue weighted by molar-refractivity contribution is -0.143. The smallest absolute Gasteiger partial charge is 0.417 e. The number of nitrogens with one attached hydrogen (secondary N) is 4.